The lowest BCUT2D eigenvalue weighted by Gasteiger charge is -2.23. The normalized spacial score (nSPS) is 18.3. The highest BCUT2D eigenvalue weighted by Gasteiger charge is 2.34. The molecule has 4 aromatic rings. The van der Waals surface area contributed by atoms with E-state index in [4.69, 9.17) is 21.3 Å². The molecular weight excluding hydrogens is 509 g/mol. The maximum Gasteiger partial charge on any atom is 0.140 e. The number of aromatic nitrogens is 2. The summed E-state index contributed by atoms with van der Waals surface area (Å²) in [5, 5.41) is 4.90. The van der Waals surface area contributed by atoms with Gasteiger partial charge < -0.3 is 16.2 Å². The van der Waals surface area contributed by atoms with Gasteiger partial charge in [-0.2, -0.15) is 5.10 Å². The van der Waals surface area contributed by atoms with Crippen LogP contribution in [-0.4, -0.2) is 33.9 Å². The molecule has 4 N–H and O–H groups in total. The second-order valence-electron chi connectivity index (χ2n) is 8.87. The van der Waals surface area contributed by atoms with Gasteiger partial charge in [0.05, 0.1) is 28.9 Å². The number of nitrogens with two attached hydrogens (primary N) is 2. The molecule has 0 radical (unpaired) electrons. The lowest BCUT2D eigenvalue weighted by atomic mass is 10.1. The molecule has 1 saturated heterocycles. The van der Waals surface area contributed by atoms with Crippen molar-refractivity contribution in [3.63, 3.8) is 0 Å². The Morgan fingerprint density at radius 1 is 1.03 bits per heavy atom. The fourth-order valence-electron chi connectivity index (χ4n) is 4.43. The van der Waals surface area contributed by atoms with E-state index in [1.165, 1.54) is 12.1 Å². The summed E-state index contributed by atoms with van der Waals surface area (Å²) in [7, 11) is 0. The first-order chi connectivity index (χ1) is 16.9. The molecule has 0 aliphatic carbocycles. The van der Waals surface area contributed by atoms with Gasteiger partial charge in [-0.15, -0.1) is 0 Å². The third-order valence-corrected chi connectivity index (χ3v) is 6.77. The molecule has 1 aromatic heterocycles. The topological polar surface area (TPSA) is 82.3 Å². The first kappa shape index (κ1) is 23.5. The SMILES string of the molecule is C[C@@H]1CN(CCc2ccc(N)c(N)c2)[C@H](c2cn(-c3ccc(Br)cc3)nc2-c2ccc(F)cc2)O1. The number of hydrogen-bond donors (Lipinski definition) is 2. The predicted molar refractivity (Wildman–Crippen MR) is 140 cm³/mol. The fraction of sp³-hybridized carbons (Fsp3) is 0.222. The van der Waals surface area contributed by atoms with Crippen molar-refractivity contribution >= 4 is 27.3 Å². The Balaban J connectivity index is 1.49. The van der Waals surface area contributed by atoms with E-state index in [0.29, 0.717) is 11.4 Å². The van der Waals surface area contributed by atoms with Crippen LogP contribution < -0.4 is 11.5 Å². The molecular formula is C27H27BrFN5O. The molecule has 1 fully saturated rings. The summed E-state index contributed by atoms with van der Waals surface area (Å²) < 4.78 is 22.9. The van der Waals surface area contributed by atoms with E-state index in [1.54, 1.807) is 12.1 Å². The van der Waals surface area contributed by atoms with Crippen LogP contribution in [0.5, 0.6) is 0 Å². The van der Waals surface area contributed by atoms with E-state index in [2.05, 4.69) is 27.8 Å². The van der Waals surface area contributed by atoms with Gasteiger partial charge in [0.2, 0.25) is 0 Å². The van der Waals surface area contributed by atoms with E-state index >= 15 is 0 Å². The standard InChI is InChI=1S/C27H27BrFN5O/c1-17-15-33(13-12-18-2-11-24(30)25(31)14-18)27(35-17)23-16-34(22-9-5-20(28)6-10-22)32-26(23)19-3-7-21(29)8-4-19/h2-11,14,16-17,27H,12-13,15,30-31H2,1H3/t17-,27+/m1/s1. The summed E-state index contributed by atoms with van der Waals surface area (Å²) in [6, 6.07) is 20.2. The first-order valence-electron chi connectivity index (χ1n) is 11.5. The van der Waals surface area contributed by atoms with Crippen LogP contribution in [0.3, 0.4) is 0 Å². The zero-order valence-electron chi connectivity index (χ0n) is 19.4. The molecule has 0 saturated carbocycles. The molecule has 8 heteroatoms. The Hall–Kier alpha value is -3.20. The number of anilines is 2. The van der Waals surface area contributed by atoms with Crippen molar-refractivity contribution in [2.45, 2.75) is 25.7 Å². The number of rotatable bonds is 6. The molecule has 0 amide bonds. The van der Waals surface area contributed by atoms with Crippen LogP contribution in [-0.2, 0) is 11.2 Å². The Bertz CT molecular complexity index is 1320. The molecule has 1 aliphatic rings. The van der Waals surface area contributed by atoms with Crippen molar-refractivity contribution in [3.8, 4) is 16.9 Å². The first-order valence-corrected chi connectivity index (χ1v) is 12.3. The van der Waals surface area contributed by atoms with Crippen LogP contribution in [0.2, 0.25) is 0 Å². The Morgan fingerprint density at radius 2 is 1.77 bits per heavy atom. The summed E-state index contributed by atoms with van der Waals surface area (Å²) in [4.78, 5) is 2.31. The van der Waals surface area contributed by atoms with Crippen molar-refractivity contribution in [2.75, 3.05) is 24.6 Å². The van der Waals surface area contributed by atoms with E-state index in [1.807, 2.05) is 53.3 Å². The maximum atomic E-state index is 13.7. The third kappa shape index (κ3) is 5.10. The van der Waals surface area contributed by atoms with Gasteiger partial charge in [-0.05, 0) is 79.6 Å². The summed E-state index contributed by atoms with van der Waals surface area (Å²) in [5.74, 6) is -0.280. The molecule has 35 heavy (non-hydrogen) atoms. The molecule has 180 valence electrons. The summed E-state index contributed by atoms with van der Waals surface area (Å²) in [6.45, 7) is 3.65. The lowest BCUT2D eigenvalue weighted by molar-refractivity contribution is 0.00522. The van der Waals surface area contributed by atoms with Gasteiger partial charge >= 0.3 is 0 Å². The average molecular weight is 536 g/mol. The number of nitrogen functional groups attached to an aromatic ring is 2. The average Bonchev–Trinajstić information content (AvgIpc) is 3.44. The van der Waals surface area contributed by atoms with Gasteiger partial charge in [0, 0.05) is 34.9 Å². The molecule has 0 unspecified atom stereocenters. The fourth-order valence-corrected chi connectivity index (χ4v) is 4.70. The second-order valence-corrected chi connectivity index (χ2v) is 9.78. The van der Waals surface area contributed by atoms with Gasteiger partial charge in [-0.1, -0.05) is 22.0 Å². The Labute approximate surface area is 212 Å². The van der Waals surface area contributed by atoms with Crippen LogP contribution in [0, 0.1) is 5.82 Å². The van der Waals surface area contributed by atoms with Crippen molar-refractivity contribution in [2.24, 2.45) is 0 Å². The molecule has 2 atom stereocenters. The van der Waals surface area contributed by atoms with E-state index in [-0.39, 0.29) is 18.1 Å². The van der Waals surface area contributed by atoms with Crippen molar-refractivity contribution in [1.82, 2.24) is 14.7 Å². The minimum atomic E-state index is -0.280. The number of hydrogen-bond acceptors (Lipinski definition) is 5. The van der Waals surface area contributed by atoms with Crippen molar-refractivity contribution in [3.05, 3.63) is 94.3 Å². The smallest absolute Gasteiger partial charge is 0.140 e. The molecule has 2 heterocycles. The lowest BCUT2D eigenvalue weighted by Crippen LogP contribution is -2.27. The summed E-state index contributed by atoms with van der Waals surface area (Å²) in [5.41, 5.74) is 17.7. The molecule has 1 aliphatic heterocycles. The maximum absolute atomic E-state index is 13.7. The number of nitrogens with zero attached hydrogens (tertiary/aromatic N) is 3. The summed E-state index contributed by atoms with van der Waals surface area (Å²) >= 11 is 3.49. The Morgan fingerprint density at radius 3 is 2.49 bits per heavy atom. The van der Waals surface area contributed by atoms with Crippen molar-refractivity contribution in [1.29, 1.82) is 0 Å². The molecule has 0 spiro atoms. The molecule has 3 aromatic carbocycles. The van der Waals surface area contributed by atoms with E-state index < -0.39 is 0 Å². The van der Waals surface area contributed by atoms with E-state index in [0.717, 1.165) is 52.1 Å². The predicted octanol–water partition coefficient (Wildman–Crippen LogP) is 5.57. The largest absolute Gasteiger partial charge is 0.397 e. The van der Waals surface area contributed by atoms with Crippen LogP contribution in [0.1, 0.15) is 24.3 Å². The number of ether oxygens (including phenoxy) is 1. The monoisotopic (exact) mass is 535 g/mol. The van der Waals surface area contributed by atoms with Gasteiger partial charge in [-0.3, -0.25) is 4.90 Å². The highest BCUT2D eigenvalue weighted by atomic mass is 79.9. The van der Waals surface area contributed by atoms with Crippen molar-refractivity contribution < 1.29 is 9.13 Å². The van der Waals surface area contributed by atoms with Crippen LogP contribution in [0.4, 0.5) is 15.8 Å². The van der Waals surface area contributed by atoms with Crippen LogP contribution in [0.15, 0.2) is 77.4 Å². The quantitative estimate of drug-likeness (QED) is 0.315. The van der Waals surface area contributed by atoms with Crippen LogP contribution in [0.25, 0.3) is 16.9 Å². The Kier molecular flexibility index (Phi) is 6.60. The molecule has 5 rings (SSSR count). The minimum absolute atomic E-state index is 0.0635. The van der Waals surface area contributed by atoms with Gasteiger partial charge in [-0.25, -0.2) is 9.07 Å². The minimum Gasteiger partial charge on any atom is -0.397 e. The number of halogens is 2. The third-order valence-electron chi connectivity index (χ3n) is 6.24. The summed E-state index contributed by atoms with van der Waals surface area (Å²) in [6.07, 6.45) is 2.61. The van der Waals surface area contributed by atoms with Crippen LogP contribution >= 0.6 is 15.9 Å². The van der Waals surface area contributed by atoms with Gasteiger partial charge in [0.15, 0.2) is 0 Å². The zero-order valence-corrected chi connectivity index (χ0v) is 21.0. The van der Waals surface area contributed by atoms with Gasteiger partial charge in [0.1, 0.15) is 12.0 Å². The van der Waals surface area contributed by atoms with Gasteiger partial charge in [0.25, 0.3) is 0 Å². The highest BCUT2D eigenvalue weighted by Crippen LogP contribution is 2.37. The molecule has 0 bridgehead atoms. The highest BCUT2D eigenvalue weighted by molar-refractivity contribution is 9.10. The molecule has 6 nitrogen and oxygen atoms in total. The van der Waals surface area contributed by atoms with E-state index in [9.17, 15) is 4.39 Å². The zero-order chi connectivity index (χ0) is 24.5. The second kappa shape index (κ2) is 9.81. The number of benzene rings is 3.